The van der Waals surface area contributed by atoms with Gasteiger partial charge in [-0.1, -0.05) is 37.3 Å². The lowest BCUT2D eigenvalue weighted by Crippen LogP contribution is -2.37. The van der Waals surface area contributed by atoms with Crippen LogP contribution in [0.15, 0.2) is 48.5 Å². The minimum atomic E-state index is -0.294. The molecule has 4 heteroatoms. The summed E-state index contributed by atoms with van der Waals surface area (Å²) in [6.45, 7) is 2.15. The van der Waals surface area contributed by atoms with Crippen LogP contribution in [0.25, 0.3) is 0 Å². The van der Waals surface area contributed by atoms with Crippen LogP contribution in [0.2, 0.25) is 0 Å². The molecule has 0 spiro atoms. The predicted molar refractivity (Wildman–Crippen MR) is 89.2 cm³/mol. The van der Waals surface area contributed by atoms with Crippen LogP contribution in [-0.4, -0.2) is 16.8 Å². The quantitative estimate of drug-likeness (QED) is 0.772. The van der Waals surface area contributed by atoms with Crippen LogP contribution in [0.1, 0.15) is 30.9 Å². The normalized spacial score (nSPS) is 15.1. The van der Waals surface area contributed by atoms with Gasteiger partial charge in [0.1, 0.15) is 11.6 Å². The smallest absolute Gasteiger partial charge is 0.226 e. The Morgan fingerprint density at radius 1 is 1.17 bits per heavy atom. The highest BCUT2D eigenvalue weighted by atomic mass is 19.1. The van der Waals surface area contributed by atoms with E-state index >= 15 is 0 Å². The first-order valence-corrected chi connectivity index (χ1v) is 8.33. The lowest BCUT2D eigenvalue weighted by atomic mass is 9.99. The Balaban J connectivity index is 1.71. The van der Waals surface area contributed by atoms with Crippen molar-refractivity contribution >= 4 is 5.91 Å². The van der Waals surface area contributed by atoms with Crippen molar-refractivity contribution < 1.29 is 13.6 Å². The van der Waals surface area contributed by atoms with Gasteiger partial charge in [0.05, 0.1) is 0 Å². The van der Waals surface area contributed by atoms with Crippen molar-refractivity contribution in [2.24, 2.45) is 5.92 Å². The number of carbonyl (C=O) groups excluding carboxylic acids is 1. The Labute approximate surface area is 141 Å². The minimum absolute atomic E-state index is 0.00464. The van der Waals surface area contributed by atoms with Crippen molar-refractivity contribution in [3.8, 4) is 0 Å². The monoisotopic (exact) mass is 329 g/mol. The molecule has 0 saturated heterocycles. The summed E-state index contributed by atoms with van der Waals surface area (Å²) >= 11 is 0. The van der Waals surface area contributed by atoms with Gasteiger partial charge in [-0.3, -0.25) is 4.79 Å². The summed E-state index contributed by atoms with van der Waals surface area (Å²) in [6.07, 6.45) is 2.41. The van der Waals surface area contributed by atoms with Gasteiger partial charge in [-0.2, -0.15) is 0 Å². The molecule has 1 amide bonds. The number of amides is 1. The summed E-state index contributed by atoms with van der Waals surface area (Å²) in [4.78, 5) is 14.6. The lowest BCUT2D eigenvalue weighted by Gasteiger charge is -2.26. The molecule has 3 rings (SSSR count). The standard InChI is InChI=1S/C20H21F2NO/c1-14(11-15-5-4-7-17(21)12-15)20(24)23(18-9-10-18)13-16-6-2-3-8-19(16)22/h2-8,12,14,18H,9-11,13H2,1H3. The van der Waals surface area contributed by atoms with E-state index in [-0.39, 0.29) is 29.5 Å². The fourth-order valence-corrected chi connectivity index (χ4v) is 2.97. The van der Waals surface area contributed by atoms with Crippen molar-refractivity contribution in [3.63, 3.8) is 0 Å². The second-order valence-corrected chi connectivity index (χ2v) is 6.52. The van der Waals surface area contributed by atoms with Gasteiger partial charge < -0.3 is 4.90 Å². The molecule has 1 aliphatic carbocycles. The summed E-state index contributed by atoms with van der Waals surface area (Å²) in [6, 6.07) is 13.1. The highest BCUT2D eigenvalue weighted by Crippen LogP contribution is 2.30. The number of carbonyl (C=O) groups is 1. The Morgan fingerprint density at radius 3 is 2.58 bits per heavy atom. The third kappa shape index (κ3) is 3.99. The van der Waals surface area contributed by atoms with E-state index in [0.717, 1.165) is 18.4 Å². The van der Waals surface area contributed by atoms with E-state index in [0.29, 0.717) is 18.5 Å². The molecule has 1 aliphatic rings. The fraction of sp³-hybridized carbons (Fsp3) is 0.350. The average molecular weight is 329 g/mol. The molecule has 0 radical (unpaired) electrons. The zero-order chi connectivity index (χ0) is 17.1. The van der Waals surface area contributed by atoms with Crippen LogP contribution in [0.4, 0.5) is 8.78 Å². The summed E-state index contributed by atoms with van der Waals surface area (Å²) in [5, 5.41) is 0. The first-order chi connectivity index (χ1) is 11.5. The van der Waals surface area contributed by atoms with Crippen LogP contribution in [0, 0.1) is 17.6 Å². The Bertz CT molecular complexity index is 727. The van der Waals surface area contributed by atoms with Crippen LogP contribution < -0.4 is 0 Å². The Morgan fingerprint density at radius 2 is 1.92 bits per heavy atom. The number of benzene rings is 2. The molecule has 1 saturated carbocycles. The zero-order valence-corrected chi connectivity index (χ0v) is 13.7. The van der Waals surface area contributed by atoms with Crippen molar-refractivity contribution in [1.82, 2.24) is 4.90 Å². The number of hydrogen-bond acceptors (Lipinski definition) is 1. The maximum atomic E-state index is 13.9. The van der Waals surface area contributed by atoms with Crippen molar-refractivity contribution in [3.05, 3.63) is 71.3 Å². The molecule has 1 unspecified atom stereocenters. The second-order valence-electron chi connectivity index (χ2n) is 6.52. The maximum absolute atomic E-state index is 13.9. The topological polar surface area (TPSA) is 20.3 Å². The SMILES string of the molecule is CC(Cc1cccc(F)c1)C(=O)N(Cc1ccccc1F)C1CC1. The Kier molecular flexibility index (Phi) is 4.93. The van der Waals surface area contributed by atoms with E-state index in [1.54, 1.807) is 29.2 Å². The van der Waals surface area contributed by atoms with E-state index < -0.39 is 0 Å². The summed E-state index contributed by atoms with van der Waals surface area (Å²) in [7, 11) is 0. The molecule has 0 heterocycles. The van der Waals surface area contributed by atoms with E-state index in [2.05, 4.69) is 0 Å². The predicted octanol–water partition coefficient (Wildman–Crippen LogP) is 4.33. The molecule has 0 aliphatic heterocycles. The average Bonchev–Trinajstić information content (AvgIpc) is 3.38. The van der Waals surface area contributed by atoms with Crippen LogP contribution in [0.3, 0.4) is 0 Å². The van der Waals surface area contributed by atoms with Gasteiger partial charge in [0.2, 0.25) is 5.91 Å². The summed E-state index contributed by atoms with van der Waals surface area (Å²) in [5.41, 5.74) is 1.34. The molecule has 1 atom stereocenters. The maximum Gasteiger partial charge on any atom is 0.226 e. The summed E-state index contributed by atoms with van der Waals surface area (Å²) in [5.74, 6) is -0.838. The molecule has 0 bridgehead atoms. The van der Waals surface area contributed by atoms with Gasteiger partial charge in [0, 0.05) is 24.1 Å². The van der Waals surface area contributed by atoms with Crippen molar-refractivity contribution in [2.45, 2.75) is 38.8 Å². The van der Waals surface area contributed by atoms with Gasteiger partial charge in [0.25, 0.3) is 0 Å². The molecule has 126 valence electrons. The number of halogens is 2. The number of hydrogen-bond donors (Lipinski definition) is 0. The van der Waals surface area contributed by atoms with Crippen LogP contribution in [0.5, 0.6) is 0 Å². The molecule has 2 nitrogen and oxygen atoms in total. The lowest BCUT2D eigenvalue weighted by molar-refractivity contribution is -0.136. The molecule has 2 aromatic rings. The van der Waals surface area contributed by atoms with Crippen LogP contribution in [-0.2, 0) is 17.8 Å². The van der Waals surface area contributed by atoms with Crippen molar-refractivity contribution in [2.75, 3.05) is 0 Å². The number of rotatable bonds is 6. The van der Waals surface area contributed by atoms with Gasteiger partial charge in [-0.25, -0.2) is 8.78 Å². The van der Waals surface area contributed by atoms with Gasteiger partial charge >= 0.3 is 0 Å². The summed E-state index contributed by atoms with van der Waals surface area (Å²) < 4.78 is 27.2. The van der Waals surface area contributed by atoms with E-state index in [4.69, 9.17) is 0 Å². The molecule has 0 aromatic heterocycles. The molecule has 2 aromatic carbocycles. The van der Waals surface area contributed by atoms with E-state index in [1.165, 1.54) is 18.2 Å². The van der Waals surface area contributed by atoms with Gasteiger partial charge in [-0.15, -0.1) is 0 Å². The fourth-order valence-electron chi connectivity index (χ4n) is 2.97. The third-order valence-electron chi connectivity index (χ3n) is 4.42. The first kappa shape index (κ1) is 16.6. The van der Waals surface area contributed by atoms with Crippen molar-refractivity contribution in [1.29, 1.82) is 0 Å². The molecular formula is C20H21F2NO. The third-order valence-corrected chi connectivity index (χ3v) is 4.42. The molecule has 1 fully saturated rings. The molecule has 0 N–H and O–H groups in total. The molecular weight excluding hydrogens is 308 g/mol. The van der Waals surface area contributed by atoms with Crippen LogP contribution >= 0.6 is 0 Å². The highest BCUT2D eigenvalue weighted by molar-refractivity contribution is 5.79. The molecule has 24 heavy (non-hydrogen) atoms. The Hall–Kier alpha value is -2.23. The largest absolute Gasteiger partial charge is 0.335 e. The zero-order valence-electron chi connectivity index (χ0n) is 13.7. The first-order valence-electron chi connectivity index (χ1n) is 8.33. The second kappa shape index (κ2) is 7.12. The number of nitrogens with zero attached hydrogens (tertiary/aromatic N) is 1. The van der Waals surface area contributed by atoms with E-state index in [9.17, 15) is 13.6 Å². The van der Waals surface area contributed by atoms with Gasteiger partial charge in [-0.05, 0) is 43.0 Å². The van der Waals surface area contributed by atoms with Gasteiger partial charge in [0.15, 0.2) is 0 Å². The minimum Gasteiger partial charge on any atom is -0.335 e. The highest BCUT2D eigenvalue weighted by Gasteiger charge is 2.34. The van der Waals surface area contributed by atoms with E-state index in [1.807, 2.05) is 13.0 Å².